The number of furan rings is 1. The van der Waals surface area contributed by atoms with Crippen LogP contribution in [0.3, 0.4) is 0 Å². The molecule has 0 aromatic carbocycles. The number of hydrogen-bond acceptors (Lipinski definition) is 4. The van der Waals surface area contributed by atoms with E-state index in [0.29, 0.717) is 11.8 Å². The van der Waals surface area contributed by atoms with E-state index < -0.39 is 0 Å². The van der Waals surface area contributed by atoms with Crippen molar-refractivity contribution < 1.29 is 4.42 Å². The number of nitrogens with two attached hydrogens (primary N) is 1. The Bertz CT molecular complexity index is 422. The molecule has 0 fully saturated rings. The van der Waals surface area contributed by atoms with Gasteiger partial charge in [-0.15, -0.1) is 23.1 Å². The second kappa shape index (κ2) is 5.57. The molecule has 0 saturated carbocycles. The van der Waals surface area contributed by atoms with Gasteiger partial charge in [-0.3, -0.25) is 0 Å². The lowest BCUT2D eigenvalue weighted by Crippen LogP contribution is -2.09. The van der Waals surface area contributed by atoms with Crippen molar-refractivity contribution in [3.05, 3.63) is 46.0 Å². The van der Waals surface area contributed by atoms with Crippen molar-refractivity contribution in [1.82, 2.24) is 0 Å². The predicted octanol–water partition coefficient (Wildman–Crippen LogP) is 3.58. The van der Waals surface area contributed by atoms with Crippen molar-refractivity contribution in [3.8, 4) is 0 Å². The molecular formula is C12H15NOS2. The van der Waals surface area contributed by atoms with Crippen LogP contribution < -0.4 is 5.73 Å². The molecule has 86 valence electrons. The summed E-state index contributed by atoms with van der Waals surface area (Å²) in [4.78, 5) is 1.39. The zero-order chi connectivity index (χ0) is 11.4. The number of aryl methyl sites for hydroxylation is 1. The zero-order valence-corrected chi connectivity index (χ0v) is 10.8. The number of rotatable bonds is 5. The van der Waals surface area contributed by atoms with Gasteiger partial charge in [-0.2, -0.15) is 0 Å². The summed E-state index contributed by atoms with van der Waals surface area (Å²) in [5.41, 5.74) is 7.17. The van der Waals surface area contributed by atoms with Gasteiger partial charge in [-0.1, -0.05) is 0 Å². The molecular weight excluding hydrogens is 238 g/mol. The molecule has 0 aliphatic carbocycles. The number of hydrogen-bond donors (Lipinski definition) is 1. The molecule has 0 spiro atoms. The van der Waals surface area contributed by atoms with Gasteiger partial charge in [0, 0.05) is 11.4 Å². The second-order valence-electron chi connectivity index (χ2n) is 3.58. The molecule has 1 atom stereocenters. The van der Waals surface area contributed by atoms with Gasteiger partial charge in [0.1, 0.15) is 5.76 Å². The second-order valence-corrected chi connectivity index (χ2v) is 5.72. The third-order valence-electron chi connectivity index (χ3n) is 2.42. The summed E-state index contributed by atoms with van der Waals surface area (Å²) in [6, 6.07) is 6.07. The van der Waals surface area contributed by atoms with E-state index >= 15 is 0 Å². The molecule has 0 saturated heterocycles. The van der Waals surface area contributed by atoms with Crippen LogP contribution in [0.25, 0.3) is 0 Å². The van der Waals surface area contributed by atoms with E-state index in [1.54, 1.807) is 17.6 Å². The average molecular weight is 253 g/mol. The third-order valence-corrected chi connectivity index (χ3v) is 4.98. The zero-order valence-electron chi connectivity index (χ0n) is 9.18. The van der Waals surface area contributed by atoms with Crippen LogP contribution in [0.5, 0.6) is 0 Å². The lowest BCUT2D eigenvalue weighted by Gasteiger charge is -2.13. The molecule has 0 amide bonds. The van der Waals surface area contributed by atoms with Crippen molar-refractivity contribution in [3.63, 3.8) is 0 Å². The van der Waals surface area contributed by atoms with E-state index in [0.717, 1.165) is 11.5 Å². The Hall–Kier alpha value is -0.710. The van der Waals surface area contributed by atoms with E-state index in [-0.39, 0.29) is 0 Å². The maximum atomic E-state index is 5.83. The van der Waals surface area contributed by atoms with Gasteiger partial charge >= 0.3 is 0 Å². The quantitative estimate of drug-likeness (QED) is 0.885. The van der Waals surface area contributed by atoms with Gasteiger partial charge in [-0.05, 0) is 36.1 Å². The Balaban J connectivity index is 1.99. The highest BCUT2D eigenvalue weighted by Crippen LogP contribution is 2.35. The smallest absolute Gasteiger partial charge is 0.113 e. The largest absolute Gasteiger partial charge is 0.468 e. The summed E-state index contributed by atoms with van der Waals surface area (Å²) >= 11 is 3.63. The standard InChI is InChI=1S/C12H15NOS2/c1-9-4-6-15-12(9)11(7-13)16-8-10-3-2-5-14-10/h2-6,11H,7-8,13H2,1H3. The van der Waals surface area contributed by atoms with Crippen LogP contribution in [0.1, 0.15) is 21.5 Å². The molecule has 4 heteroatoms. The van der Waals surface area contributed by atoms with Gasteiger partial charge in [0.25, 0.3) is 0 Å². The van der Waals surface area contributed by atoms with E-state index in [9.17, 15) is 0 Å². The van der Waals surface area contributed by atoms with E-state index in [1.807, 2.05) is 23.9 Å². The monoisotopic (exact) mass is 253 g/mol. The number of thiophene rings is 1. The number of thioether (sulfide) groups is 1. The summed E-state index contributed by atoms with van der Waals surface area (Å²) in [5.74, 6) is 1.89. The Kier molecular flexibility index (Phi) is 4.09. The molecule has 2 heterocycles. The summed E-state index contributed by atoms with van der Waals surface area (Å²) in [7, 11) is 0. The van der Waals surface area contributed by atoms with Gasteiger partial charge in [-0.25, -0.2) is 0 Å². The Morgan fingerprint density at radius 1 is 1.50 bits per heavy atom. The first kappa shape index (κ1) is 11.8. The predicted molar refractivity (Wildman–Crippen MR) is 70.9 cm³/mol. The van der Waals surface area contributed by atoms with E-state index in [4.69, 9.17) is 10.2 Å². The van der Waals surface area contributed by atoms with Crippen molar-refractivity contribution in [2.24, 2.45) is 5.73 Å². The van der Waals surface area contributed by atoms with Gasteiger partial charge < -0.3 is 10.2 Å². The molecule has 2 nitrogen and oxygen atoms in total. The van der Waals surface area contributed by atoms with Crippen molar-refractivity contribution in [2.75, 3.05) is 6.54 Å². The molecule has 0 bridgehead atoms. The first-order valence-corrected chi connectivity index (χ1v) is 7.12. The minimum absolute atomic E-state index is 0.380. The van der Waals surface area contributed by atoms with E-state index in [2.05, 4.69) is 18.4 Å². The molecule has 0 aliphatic rings. The van der Waals surface area contributed by atoms with Gasteiger partial charge in [0.05, 0.1) is 17.3 Å². The maximum absolute atomic E-state index is 5.83. The van der Waals surface area contributed by atoms with E-state index in [1.165, 1.54) is 10.4 Å². The summed E-state index contributed by atoms with van der Waals surface area (Å²) in [6.07, 6.45) is 1.71. The summed E-state index contributed by atoms with van der Waals surface area (Å²) < 4.78 is 5.32. The Morgan fingerprint density at radius 3 is 2.94 bits per heavy atom. The first-order chi connectivity index (χ1) is 7.81. The molecule has 2 aromatic rings. The van der Waals surface area contributed by atoms with Crippen LogP contribution in [0.4, 0.5) is 0 Å². The Labute approximate surface area is 104 Å². The summed E-state index contributed by atoms with van der Waals surface area (Å²) in [5, 5.41) is 2.51. The average Bonchev–Trinajstić information content (AvgIpc) is 2.92. The maximum Gasteiger partial charge on any atom is 0.113 e. The van der Waals surface area contributed by atoms with Crippen molar-refractivity contribution in [2.45, 2.75) is 17.9 Å². The fourth-order valence-electron chi connectivity index (χ4n) is 1.54. The fourth-order valence-corrected chi connectivity index (χ4v) is 3.84. The minimum Gasteiger partial charge on any atom is -0.468 e. The van der Waals surface area contributed by atoms with Crippen molar-refractivity contribution >= 4 is 23.1 Å². The minimum atomic E-state index is 0.380. The Morgan fingerprint density at radius 2 is 2.38 bits per heavy atom. The highest BCUT2D eigenvalue weighted by atomic mass is 32.2. The SMILES string of the molecule is Cc1ccsc1C(CN)SCc1ccco1. The van der Waals surface area contributed by atoms with Crippen molar-refractivity contribution in [1.29, 1.82) is 0 Å². The third kappa shape index (κ3) is 2.70. The highest BCUT2D eigenvalue weighted by molar-refractivity contribution is 7.98. The molecule has 1 unspecified atom stereocenters. The van der Waals surface area contributed by atoms with Crippen LogP contribution in [-0.2, 0) is 5.75 Å². The van der Waals surface area contributed by atoms with Crippen LogP contribution in [0.2, 0.25) is 0 Å². The summed E-state index contributed by atoms with van der Waals surface area (Å²) in [6.45, 7) is 2.81. The molecule has 2 N–H and O–H groups in total. The normalized spacial score (nSPS) is 12.9. The fraction of sp³-hybridized carbons (Fsp3) is 0.333. The lowest BCUT2D eigenvalue weighted by molar-refractivity contribution is 0.530. The van der Waals surface area contributed by atoms with Gasteiger partial charge in [0.2, 0.25) is 0 Å². The van der Waals surface area contributed by atoms with Crippen LogP contribution in [-0.4, -0.2) is 6.54 Å². The van der Waals surface area contributed by atoms with Crippen LogP contribution in [0, 0.1) is 6.92 Å². The first-order valence-electron chi connectivity index (χ1n) is 5.19. The molecule has 16 heavy (non-hydrogen) atoms. The molecule has 0 aliphatic heterocycles. The van der Waals surface area contributed by atoms with Crippen LogP contribution >= 0.6 is 23.1 Å². The molecule has 0 radical (unpaired) electrons. The molecule has 2 aromatic heterocycles. The highest BCUT2D eigenvalue weighted by Gasteiger charge is 2.14. The van der Waals surface area contributed by atoms with Gasteiger partial charge in [0.15, 0.2) is 0 Å². The molecule has 2 rings (SSSR count). The topological polar surface area (TPSA) is 39.2 Å². The van der Waals surface area contributed by atoms with Crippen LogP contribution in [0.15, 0.2) is 34.3 Å². The lowest BCUT2D eigenvalue weighted by atomic mass is 10.2.